The number of aliphatic hydroxyl groups is 1. The van der Waals surface area contributed by atoms with E-state index in [9.17, 15) is 9.59 Å². The van der Waals surface area contributed by atoms with Crippen LogP contribution in [0.25, 0.3) is 0 Å². The molecule has 0 saturated carbocycles. The molecule has 0 amide bonds. The molecular formula is C17H30O5. The van der Waals surface area contributed by atoms with Crippen LogP contribution in [0.5, 0.6) is 0 Å². The highest BCUT2D eigenvalue weighted by molar-refractivity contribution is 5.86. The molecule has 5 nitrogen and oxygen atoms in total. The van der Waals surface area contributed by atoms with Gasteiger partial charge in [-0.3, -0.25) is 0 Å². The third kappa shape index (κ3) is 16.4. The number of allylic oxidation sites excluding steroid dienone is 1. The van der Waals surface area contributed by atoms with E-state index in [0.717, 1.165) is 12.8 Å². The van der Waals surface area contributed by atoms with Gasteiger partial charge in [-0.25, -0.2) is 9.59 Å². The molecule has 0 spiro atoms. The van der Waals surface area contributed by atoms with Crippen molar-refractivity contribution in [1.82, 2.24) is 0 Å². The van der Waals surface area contributed by atoms with Crippen LogP contribution in [-0.4, -0.2) is 33.4 Å². The molecule has 0 fully saturated rings. The predicted octanol–water partition coefficient (Wildman–Crippen LogP) is 3.78. The van der Waals surface area contributed by atoms with E-state index in [2.05, 4.69) is 6.92 Å². The van der Waals surface area contributed by atoms with Crippen molar-refractivity contribution in [1.29, 1.82) is 0 Å². The molecular weight excluding hydrogens is 284 g/mol. The molecule has 3 N–H and O–H groups in total. The number of carboxylic acid groups (broad SMARTS) is 2. The fraction of sp³-hybridized carbons (Fsp3) is 0.647. The third-order valence-electron chi connectivity index (χ3n) is 2.95. The summed E-state index contributed by atoms with van der Waals surface area (Å²) in [6.45, 7) is 6.93. The van der Waals surface area contributed by atoms with Gasteiger partial charge in [0, 0.05) is 11.1 Å². The number of hydrogen-bond acceptors (Lipinski definition) is 3. The van der Waals surface area contributed by atoms with Gasteiger partial charge in [-0.15, -0.1) is 0 Å². The summed E-state index contributed by atoms with van der Waals surface area (Å²) in [5.74, 6) is -1.73. The van der Waals surface area contributed by atoms with E-state index < -0.39 is 18.0 Å². The first-order valence-electron chi connectivity index (χ1n) is 7.70. The van der Waals surface area contributed by atoms with Crippen molar-refractivity contribution in [3.8, 4) is 0 Å². The fourth-order valence-corrected chi connectivity index (χ4v) is 1.41. The van der Waals surface area contributed by atoms with Crippen molar-refractivity contribution in [2.45, 2.75) is 72.3 Å². The molecule has 0 saturated heterocycles. The Balaban J connectivity index is 0. The van der Waals surface area contributed by atoms with E-state index in [1.807, 2.05) is 0 Å². The van der Waals surface area contributed by atoms with E-state index in [1.54, 1.807) is 19.9 Å². The van der Waals surface area contributed by atoms with Gasteiger partial charge in [0.25, 0.3) is 0 Å². The highest BCUT2D eigenvalue weighted by atomic mass is 16.4. The summed E-state index contributed by atoms with van der Waals surface area (Å²) < 4.78 is 0. The second-order valence-electron chi connectivity index (χ2n) is 5.32. The molecule has 0 aliphatic heterocycles. The second-order valence-corrected chi connectivity index (χ2v) is 5.32. The SMILES string of the molecule is C/C(=C\CC(C)O)C(=O)O.CCCCCC/C=C(\C)C(=O)O. The Morgan fingerprint density at radius 3 is 1.86 bits per heavy atom. The van der Waals surface area contributed by atoms with Gasteiger partial charge < -0.3 is 15.3 Å². The smallest absolute Gasteiger partial charge is 0.330 e. The van der Waals surface area contributed by atoms with E-state index in [1.165, 1.54) is 32.3 Å². The maximum Gasteiger partial charge on any atom is 0.330 e. The maximum absolute atomic E-state index is 10.4. The minimum Gasteiger partial charge on any atom is -0.478 e. The minimum atomic E-state index is -0.930. The van der Waals surface area contributed by atoms with Gasteiger partial charge in [0.1, 0.15) is 0 Å². The lowest BCUT2D eigenvalue weighted by Gasteiger charge is -1.97. The van der Waals surface area contributed by atoms with Gasteiger partial charge >= 0.3 is 11.9 Å². The third-order valence-corrected chi connectivity index (χ3v) is 2.95. The molecule has 22 heavy (non-hydrogen) atoms. The normalized spacial score (nSPS) is 13.1. The van der Waals surface area contributed by atoms with Crippen LogP contribution in [0.3, 0.4) is 0 Å². The van der Waals surface area contributed by atoms with E-state index in [4.69, 9.17) is 15.3 Å². The summed E-state index contributed by atoms with van der Waals surface area (Å²) in [5.41, 5.74) is 0.743. The molecule has 0 aromatic heterocycles. The molecule has 5 heteroatoms. The van der Waals surface area contributed by atoms with Crippen LogP contribution in [0.1, 0.15) is 66.2 Å². The zero-order chi connectivity index (χ0) is 17.5. The van der Waals surface area contributed by atoms with Crippen molar-refractivity contribution in [3.05, 3.63) is 23.3 Å². The Morgan fingerprint density at radius 1 is 0.955 bits per heavy atom. The van der Waals surface area contributed by atoms with Crippen molar-refractivity contribution in [2.75, 3.05) is 0 Å². The summed E-state index contributed by atoms with van der Waals surface area (Å²) >= 11 is 0. The van der Waals surface area contributed by atoms with Crippen LogP contribution >= 0.6 is 0 Å². The van der Waals surface area contributed by atoms with Crippen LogP contribution in [0.15, 0.2) is 23.3 Å². The lowest BCUT2D eigenvalue weighted by Crippen LogP contribution is -2.00. The van der Waals surface area contributed by atoms with Crippen molar-refractivity contribution >= 4 is 11.9 Å². The van der Waals surface area contributed by atoms with Gasteiger partial charge in [-0.05, 0) is 40.0 Å². The van der Waals surface area contributed by atoms with Crippen molar-refractivity contribution in [2.24, 2.45) is 0 Å². The summed E-state index contributed by atoms with van der Waals surface area (Å²) in [7, 11) is 0. The first kappa shape index (κ1) is 22.7. The first-order valence-corrected chi connectivity index (χ1v) is 7.70. The molecule has 0 bridgehead atoms. The topological polar surface area (TPSA) is 94.8 Å². The van der Waals surface area contributed by atoms with Gasteiger partial charge in [0.15, 0.2) is 0 Å². The van der Waals surface area contributed by atoms with Crippen molar-refractivity contribution < 1.29 is 24.9 Å². The molecule has 128 valence electrons. The van der Waals surface area contributed by atoms with Gasteiger partial charge in [-0.1, -0.05) is 38.3 Å². The number of carboxylic acids is 2. The van der Waals surface area contributed by atoms with Crippen molar-refractivity contribution in [3.63, 3.8) is 0 Å². The molecule has 0 heterocycles. The summed E-state index contributed by atoms with van der Waals surface area (Å²) in [5, 5.41) is 25.6. The number of unbranched alkanes of at least 4 members (excludes halogenated alkanes) is 4. The minimum absolute atomic E-state index is 0.279. The highest BCUT2D eigenvalue weighted by Gasteiger charge is 1.99. The number of rotatable bonds is 9. The van der Waals surface area contributed by atoms with Crippen LogP contribution in [-0.2, 0) is 9.59 Å². The monoisotopic (exact) mass is 314 g/mol. The van der Waals surface area contributed by atoms with Gasteiger partial charge in [-0.2, -0.15) is 0 Å². The number of carbonyl (C=O) groups is 2. The molecule has 0 aliphatic rings. The average Bonchev–Trinajstić information content (AvgIpc) is 2.44. The zero-order valence-electron chi connectivity index (χ0n) is 14.1. The van der Waals surface area contributed by atoms with E-state index in [-0.39, 0.29) is 5.57 Å². The van der Waals surface area contributed by atoms with Crippen LogP contribution in [0, 0.1) is 0 Å². The second kappa shape index (κ2) is 14.3. The van der Waals surface area contributed by atoms with E-state index in [0.29, 0.717) is 12.0 Å². The molecule has 0 radical (unpaired) electrons. The standard InChI is InChI=1S/C10H18O2.C7H12O3/c1-3-4-5-6-7-8-9(2)10(11)12;1-5(7(9)10)3-4-6(2)8/h8H,3-7H2,1-2H3,(H,11,12);3,6,8H,4H2,1-2H3,(H,9,10)/b9-8+;5-3+. The summed E-state index contributed by atoms with van der Waals surface area (Å²) in [6.07, 6.45) is 8.94. The summed E-state index contributed by atoms with van der Waals surface area (Å²) in [4.78, 5) is 20.5. The zero-order valence-corrected chi connectivity index (χ0v) is 14.1. The average molecular weight is 314 g/mol. The molecule has 1 atom stereocenters. The first-order chi connectivity index (χ1) is 10.2. The largest absolute Gasteiger partial charge is 0.478 e. The van der Waals surface area contributed by atoms with E-state index >= 15 is 0 Å². The van der Waals surface area contributed by atoms with Crippen LogP contribution in [0.2, 0.25) is 0 Å². The maximum atomic E-state index is 10.4. The number of hydrogen-bond donors (Lipinski definition) is 3. The number of aliphatic carboxylic acids is 2. The Morgan fingerprint density at radius 2 is 1.45 bits per heavy atom. The van der Waals surface area contributed by atoms with Crippen LogP contribution in [0.4, 0.5) is 0 Å². The summed E-state index contributed by atoms with van der Waals surface area (Å²) in [6, 6.07) is 0. The fourth-order valence-electron chi connectivity index (χ4n) is 1.41. The Kier molecular flexibility index (Phi) is 14.8. The molecule has 0 aromatic rings. The molecule has 1 unspecified atom stereocenters. The van der Waals surface area contributed by atoms with Gasteiger partial charge in [0.05, 0.1) is 6.10 Å². The lowest BCUT2D eigenvalue weighted by atomic mass is 10.1. The predicted molar refractivity (Wildman–Crippen MR) is 87.8 cm³/mol. The Hall–Kier alpha value is -1.62. The molecule has 0 aromatic carbocycles. The number of aliphatic hydroxyl groups excluding tert-OH is 1. The Bertz CT molecular complexity index is 381. The lowest BCUT2D eigenvalue weighted by molar-refractivity contribution is -0.133. The van der Waals surface area contributed by atoms with Gasteiger partial charge in [0.2, 0.25) is 0 Å². The molecule has 0 aliphatic carbocycles. The Labute approximate surface area is 133 Å². The quantitative estimate of drug-likeness (QED) is 0.445. The molecule has 0 rings (SSSR count). The van der Waals surface area contributed by atoms with Crippen LogP contribution < -0.4 is 0 Å². The highest BCUT2D eigenvalue weighted by Crippen LogP contribution is 2.05.